The van der Waals surface area contributed by atoms with Crippen molar-refractivity contribution in [3.05, 3.63) is 29.8 Å². The van der Waals surface area contributed by atoms with Crippen molar-refractivity contribution in [2.75, 3.05) is 5.32 Å². The summed E-state index contributed by atoms with van der Waals surface area (Å²) in [4.78, 5) is 11.3. The third-order valence-electron chi connectivity index (χ3n) is 3.91. The highest BCUT2D eigenvalue weighted by atomic mass is 19.4. The summed E-state index contributed by atoms with van der Waals surface area (Å²) in [5.74, 6) is -1.59. The first kappa shape index (κ1) is 15.7. The van der Waals surface area contributed by atoms with Crippen LogP contribution in [0.4, 0.5) is 18.9 Å². The number of carboxylic acids is 1. The summed E-state index contributed by atoms with van der Waals surface area (Å²) in [6.45, 7) is 0. The number of aliphatic carboxylic acids is 1. The quantitative estimate of drug-likeness (QED) is 0.825. The lowest BCUT2D eigenvalue weighted by atomic mass is 9.94. The lowest BCUT2D eigenvalue weighted by Crippen LogP contribution is -2.34. The highest BCUT2D eigenvalue weighted by Crippen LogP contribution is 2.36. The second kappa shape index (κ2) is 6.37. The van der Waals surface area contributed by atoms with Crippen LogP contribution in [-0.2, 0) is 11.0 Å². The van der Waals surface area contributed by atoms with Crippen molar-refractivity contribution in [3.8, 4) is 0 Å². The third-order valence-corrected chi connectivity index (χ3v) is 3.91. The second-order valence-electron chi connectivity index (χ2n) is 5.38. The molecule has 1 aliphatic rings. The minimum Gasteiger partial charge on any atom is -0.481 e. The molecule has 0 radical (unpaired) electrons. The molecule has 6 heteroatoms. The van der Waals surface area contributed by atoms with E-state index in [1.165, 1.54) is 18.2 Å². The number of anilines is 1. The van der Waals surface area contributed by atoms with E-state index in [-0.39, 0.29) is 5.69 Å². The Labute approximate surface area is 121 Å². The second-order valence-corrected chi connectivity index (χ2v) is 5.38. The molecule has 1 aliphatic carbocycles. The smallest absolute Gasteiger partial charge is 0.418 e. The van der Waals surface area contributed by atoms with Crippen LogP contribution in [0.5, 0.6) is 0 Å². The van der Waals surface area contributed by atoms with Crippen LogP contribution in [0.1, 0.15) is 37.7 Å². The van der Waals surface area contributed by atoms with Crippen molar-refractivity contribution >= 4 is 11.7 Å². The number of para-hydroxylation sites is 1. The lowest BCUT2D eigenvalue weighted by molar-refractivity contribution is -0.142. The molecule has 0 spiro atoms. The van der Waals surface area contributed by atoms with Gasteiger partial charge in [-0.05, 0) is 25.0 Å². The highest BCUT2D eigenvalue weighted by molar-refractivity contribution is 5.72. The molecule has 1 aromatic carbocycles. The first-order valence-electron chi connectivity index (χ1n) is 7.05. The number of benzene rings is 1. The van der Waals surface area contributed by atoms with Gasteiger partial charge < -0.3 is 10.4 Å². The molecule has 116 valence electrons. The Balaban J connectivity index is 2.25. The zero-order chi connectivity index (χ0) is 15.5. The van der Waals surface area contributed by atoms with Crippen LogP contribution < -0.4 is 5.32 Å². The van der Waals surface area contributed by atoms with Crippen LogP contribution in [0, 0.1) is 5.92 Å². The molecule has 0 bridgehead atoms. The Morgan fingerprint density at radius 3 is 2.48 bits per heavy atom. The summed E-state index contributed by atoms with van der Waals surface area (Å²) < 4.78 is 38.9. The Bertz CT molecular complexity index is 502. The zero-order valence-corrected chi connectivity index (χ0v) is 11.5. The number of halogens is 3. The fraction of sp³-hybridized carbons (Fsp3) is 0.533. The Morgan fingerprint density at radius 2 is 1.81 bits per heavy atom. The maximum absolute atomic E-state index is 13.0. The van der Waals surface area contributed by atoms with E-state index in [2.05, 4.69) is 5.32 Å². The number of carboxylic acid groups (broad SMARTS) is 1. The van der Waals surface area contributed by atoms with Crippen LogP contribution >= 0.6 is 0 Å². The number of rotatable bonds is 3. The maximum Gasteiger partial charge on any atom is 0.418 e. The van der Waals surface area contributed by atoms with Crippen LogP contribution in [0.3, 0.4) is 0 Å². The monoisotopic (exact) mass is 301 g/mol. The Hall–Kier alpha value is -1.72. The average molecular weight is 301 g/mol. The van der Waals surface area contributed by atoms with Crippen molar-refractivity contribution in [2.45, 2.75) is 44.3 Å². The van der Waals surface area contributed by atoms with Crippen molar-refractivity contribution in [3.63, 3.8) is 0 Å². The van der Waals surface area contributed by atoms with Gasteiger partial charge in [-0.25, -0.2) is 0 Å². The molecule has 1 saturated carbocycles. The van der Waals surface area contributed by atoms with Gasteiger partial charge in [0.05, 0.1) is 11.5 Å². The van der Waals surface area contributed by atoms with Crippen LogP contribution in [-0.4, -0.2) is 17.1 Å². The van der Waals surface area contributed by atoms with Crippen LogP contribution in [0.25, 0.3) is 0 Å². The summed E-state index contributed by atoms with van der Waals surface area (Å²) >= 11 is 0. The van der Waals surface area contributed by atoms with E-state index in [0.717, 1.165) is 25.3 Å². The first-order valence-corrected chi connectivity index (χ1v) is 7.05. The van der Waals surface area contributed by atoms with E-state index in [1.54, 1.807) is 0 Å². The summed E-state index contributed by atoms with van der Waals surface area (Å²) in [7, 11) is 0. The maximum atomic E-state index is 13.0. The lowest BCUT2D eigenvalue weighted by Gasteiger charge is -2.25. The molecular weight excluding hydrogens is 283 g/mol. The Morgan fingerprint density at radius 1 is 1.14 bits per heavy atom. The van der Waals surface area contributed by atoms with Gasteiger partial charge in [0.2, 0.25) is 0 Å². The summed E-state index contributed by atoms with van der Waals surface area (Å²) in [5.41, 5.74) is -0.790. The van der Waals surface area contributed by atoms with E-state index >= 15 is 0 Å². The fourth-order valence-electron chi connectivity index (χ4n) is 2.83. The van der Waals surface area contributed by atoms with Gasteiger partial charge in [-0.15, -0.1) is 0 Å². The molecule has 0 aromatic heterocycles. The van der Waals surface area contributed by atoms with Gasteiger partial charge in [-0.3, -0.25) is 4.79 Å². The molecule has 2 rings (SSSR count). The van der Waals surface area contributed by atoms with Gasteiger partial charge in [-0.1, -0.05) is 31.4 Å². The number of alkyl halides is 3. The average Bonchev–Trinajstić information content (AvgIpc) is 2.63. The predicted molar refractivity (Wildman–Crippen MR) is 73.1 cm³/mol. The number of nitrogens with one attached hydrogen (secondary N) is 1. The molecule has 0 aliphatic heterocycles. The number of hydrogen-bond donors (Lipinski definition) is 2. The first-order chi connectivity index (χ1) is 9.89. The van der Waals surface area contributed by atoms with Crippen LogP contribution in [0.15, 0.2) is 24.3 Å². The molecule has 21 heavy (non-hydrogen) atoms. The topological polar surface area (TPSA) is 49.3 Å². The molecule has 1 fully saturated rings. The number of hydrogen-bond acceptors (Lipinski definition) is 2. The molecule has 0 amide bonds. The van der Waals surface area contributed by atoms with Gasteiger partial charge in [0, 0.05) is 11.7 Å². The highest BCUT2D eigenvalue weighted by Gasteiger charge is 2.35. The van der Waals surface area contributed by atoms with E-state index < -0.39 is 29.7 Å². The van der Waals surface area contributed by atoms with E-state index in [9.17, 15) is 23.1 Å². The SMILES string of the molecule is O=C(O)C1CCCCCC1Nc1ccccc1C(F)(F)F. The molecular formula is C15H18F3NO2. The van der Waals surface area contributed by atoms with Crippen molar-refractivity contribution in [1.29, 1.82) is 0 Å². The van der Waals surface area contributed by atoms with E-state index in [1.807, 2.05) is 0 Å². The summed E-state index contributed by atoms with van der Waals surface area (Å²) in [6.07, 6.45) is -0.827. The van der Waals surface area contributed by atoms with Gasteiger partial charge in [0.15, 0.2) is 0 Å². The summed E-state index contributed by atoms with van der Waals surface area (Å²) in [5, 5.41) is 12.1. The largest absolute Gasteiger partial charge is 0.481 e. The van der Waals surface area contributed by atoms with E-state index in [0.29, 0.717) is 12.8 Å². The number of carbonyl (C=O) groups is 1. The van der Waals surface area contributed by atoms with Gasteiger partial charge >= 0.3 is 12.1 Å². The van der Waals surface area contributed by atoms with Gasteiger partial charge in [-0.2, -0.15) is 13.2 Å². The molecule has 3 nitrogen and oxygen atoms in total. The Kier molecular flexibility index (Phi) is 4.75. The minimum atomic E-state index is -4.45. The molecule has 2 unspecified atom stereocenters. The fourth-order valence-corrected chi connectivity index (χ4v) is 2.83. The molecule has 1 aromatic rings. The normalized spacial score (nSPS) is 23.4. The minimum absolute atomic E-state index is 0.0387. The standard InChI is InChI=1S/C15H18F3NO2/c16-15(17,18)11-7-4-5-9-13(11)19-12-8-3-1-2-6-10(12)14(20)21/h4-5,7,9-10,12,19H,1-3,6,8H2,(H,20,21). The molecule has 2 N–H and O–H groups in total. The molecule has 0 heterocycles. The molecule has 2 atom stereocenters. The van der Waals surface area contributed by atoms with Gasteiger partial charge in [0.1, 0.15) is 0 Å². The third kappa shape index (κ3) is 3.89. The van der Waals surface area contributed by atoms with Crippen molar-refractivity contribution < 1.29 is 23.1 Å². The predicted octanol–water partition coefficient (Wildman–Crippen LogP) is 4.15. The van der Waals surface area contributed by atoms with Crippen LogP contribution in [0.2, 0.25) is 0 Å². The van der Waals surface area contributed by atoms with E-state index in [4.69, 9.17) is 0 Å². The van der Waals surface area contributed by atoms with Gasteiger partial charge in [0.25, 0.3) is 0 Å². The summed E-state index contributed by atoms with van der Waals surface area (Å²) in [6, 6.07) is 4.75. The zero-order valence-electron chi connectivity index (χ0n) is 11.5. The van der Waals surface area contributed by atoms with Crippen molar-refractivity contribution in [2.24, 2.45) is 5.92 Å². The van der Waals surface area contributed by atoms with Crippen molar-refractivity contribution in [1.82, 2.24) is 0 Å². The molecule has 0 saturated heterocycles.